The number of anilines is 1. The van der Waals surface area contributed by atoms with Gasteiger partial charge in [0.15, 0.2) is 17.6 Å². The number of carbonyl (C=O) groups is 1. The molecule has 0 aliphatic rings. The van der Waals surface area contributed by atoms with E-state index in [4.69, 9.17) is 27.9 Å². The minimum Gasteiger partial charge on any atom is -0.470 e. The summed E-state index contributed by atoms with van der Waals surface area (Å²) < 4.78 is 7.87. The zero-order valence-electron chi connectivity index (χ0n) is 12.6. The topological polar surface area (TPSA) is 69.0 Å². The Morgan fingerprint density at radius 3 is 2.88 bits per heavy atom. The second-order valence-corrected chi connectivity index (χ2v) is 6.53. The highest BCUT2D eigenvalue weighted by molar-refractivity contribution is 9.10. The number of pyridine rings is 1. The smallest absolute Gasteiger partial charge is 0.276 e. The molecule has 0 saturated heterocycles. The largest absolute Gasteiger partial charge is 0.470 e. The van der Waals surface area contributed by atoms with E-state index in [2.05, 4.69) is 31.3 Å². The summed E-state index contributed by atoms with van der Waals surface area (Å²) in [4.78, 5) is 16.1. The van der Waals surface area contributed by atoms with Crippen LogP contribution in [0.5, 0.6) is 5.75 Å². The maximum Gasteiger partial charge on any atom is 0.276 e. The number of carbonyl (C=O) groups excluding carboxylic acids is 1. The predicted octanol–water partition coefficient (Wildman–Crippen LogP) is 4.64. The Hall–Kier alpha value is -2.09. The molecule has 0 bridgehead atoms. The summed E-state index contributed by atoms with van der Waals surface area (Å²) in [6, 6.07) is 10.1. The molecule has 0 saturated carbocycles. The highest BCUT2D eigenvalue weighted by Gasteiger charge is 2.12. The van der Waals surface area contributed by atoms with Crippen LogP contribution in [-0.2, 0) is 6.73 Å². The van der Waals surface area contributed by atoms with E-state index in [1.165, 1.54) is 4.68 Å². The fourth-order valence-corrected chi connectivity index (χ4v) is 2.91. The van der Waals surface area contributed by atoms with Crippen molar-refractivity contribution < 1.29 is 9.53 Å². The highest BCUT2D eigenvalue weighted by Crippen LogP contribution is 2.28. The molecule has 0 fully saturated rings. The summed E-state index contributed by atoms with van der Waals surface area (Å²) in [6.07, 6.45) is 3.18. The van der Waals surface area contributed by atoms with Gasteiger partial charge in [0.2, 0.25) is 0 Å². The molecule has 1 N–H and O–H groups in total. The van der Waals surface area contributed by atoms with Gasteiger partial charge in [-0.3, -0.25) is 4.79 Å². The maximum atomic E-state index is 12.2. The molecule has 2 aromatic heterocycles. The fourth-order valence-electron chi connectivity index (χ4n) is 1.95. The van der Waals surface area contributed by atoms with Crippen molar-refractivity contribution in [1.29, 1.82) is 0 Å². The number of halogens is 3. The van der Waals surface area contributed by atoms with Gasteiger partial charge in [0.05, 0.1) is 10.2 Å². The van der Waals surface area contributed by atoms with E-state index < -0.39 is 0 Å². The number of amides is 1. The fraction of sp³-hybridized carbons (Fsp3) is 0.0625. The van der Waals surface area contributed by atoms with E-state index >= 15 is 0 Å². The van der Waals surface area contributed by atoms with Gasteiger partial charge in [0.25, 0.3) is 5.91 Å². The molecule has 6 nitrogen and oxygen atoms in total. The normalized spacial score (nSPS) is 10.5. The van der Waals surface area contributed by atoms with Crippen LogP contribution in [0.4, 0.5) is 5.69 Å². The number of hydrogen-bond donors (Lipinski definition) is 1. The number of ether oxygens (including phenoxy) is 1. The molecule has 3 aromatic rings. The number of nitrogens with zero attached hydrogens (tertiary/aromatic N) is 3. The van der Waals surface area contributed by atoms with Gasteiger partial charge in [0, 0.05) is 17.4 Å². The van der Waals surface area contributed by atoms with Crippen LogP contribution in [0.25, 0.3) is 0 Å². The number of nitrogens with one attached hydrogen (secondary N) is 1. The molecule has 0 radical (unpaired) electrons. The van der Waals surface area contributed by atoms with Crippen molar-refractivity contribution in [3.63, 3.8) is 0 Å². The van der Waals surface area contributed by atoms with E-state index in [9.17, 15) is 4.79 Å². The first kappa shape index (κ1) is 17.7. The molecule has 2 heterocycles. The third-order valence-corrected chi connectivity index (χ3v) is 4.28. The molecule has 0 unspecified atom stereocenters. The number of hydrogen-bond acceptors (Lipinski definition) is 4. The summed E-state index contributed by atoms with van der Waals surface area (Å²) in [5, 5.41) is 7.65. The lowest BCUT2D eigenvalue weighted by Crippen LogP contribution is -2.14. The summed E-state index contributed by atoms with van der Waals surface area (Å²) in [7, 11) is 0. The van der Waals surface area contributed by atoms with Crippen molar-refractivity contribution in [3.8, 4) is 5.75 Å². The van der Waals surface area contributed by atoms with E-state index in [0.717, 1.165) is 4.47 Å². The van der Waals surface area contributed by atoms with Gasteiger partial charge in [-0.15, -0.1) is 0 Å². The Balaban J connectivity index is 1.64. The van der Waals surface area contributed by atoms with Crippen molar-refractivity contribution in [2.24, 2.45) is 0 Å². The minimum atomic E-state index is -0.388. The van der Waals surface area contributed by atoms with Crippen LogP contribution in [0.2, 0.25) is 10.2 Å². The lowest BCUT2D eigenvalue weighted by Gasteiger charge is -2.08. The molecule has 128 valence electrons. The monoisotopic (exact) mass is 440 g/mol. The van der Waals surface area contributed by atoms with Crippen LogP contribution in [0.1, 0.15) is 10.5 Å². The van der Waals surface area contributed by atoms with Gasteiger partial charge in [-0.25, -0.2) is 9.67 Å². The van der Waals surface area contributed by atoms with Crippen LogP contribution in [-0.4, -0.2) is 20.7 Å². The predicted molar refractivity (Wildman–Crippen MR) is 99.2 cm³/mol. The molecule has 3 rings (SSSR count). The zero-order chi connectivity index (χ0) is 17.8. The highest BCUT2D eigenvalue weighted by atomic mass is 79.9. The molecule has 0 spiro atoms. The van der Waals surface area contributed by atoms with Gasteiger partial charge in [0.1, 0.15) is 5.75 Å². The Kier molecular flexibility index (Phi) is 5.57. The van der Waals surface area contributed by atoms with Gasteiger partial charge in [-0.1, -0.05) is 23.2 Å². The first-order chi connectivity index (χ1) is 12.0. The first-order valence-electron chi connectivity index (χ1n) is 7.06. The molecule has 9 heteroatoms. The van der Waals surface area contributed by atoms with E-state index in [1.807, 2.05) is 0 Å². The van der Waals surface area contributed by atoms with Gasteiger partial charge in [-0.2, -0.15) is 5.10 Å². The average Bonchev–Trinajstić information content (AvgIpc) is 3.05. The molecular formula is C16H11BrCl2N4O2. The molecule has 1 amide bonds. The molecular weight excluding hydrogens is 431 g/mol. The van der Waals surface area contributed by atoms with Crippen LogP contribution in [0.3, 0.4) is 0 Å². The molecule has 25 heavy (non-hydrogen) atoms. The second kappa shape index (κ2) is 7.86. The minimum absolute atomic E-state index is 0.140. The zero-order valence-corrected chi connectivity index (χ0v) is 15.7. The van der Waals surface area contributed by atoms with Gasteiger partial charge < -0.3 is 10.1 Å². The van der Waals surface area contributed by atoms with Crippen LogP contribution in [0.15, 0.2) is 53.3 Å². The molecule has 0 aliphatic heterocycles. The van der Waals surface area contributed by atoms with E-state index in [1.54, 1.807) is 48.8 Å². The van der Waals surface area contributed by atoms with Gasteiger partial charge in [-0.05, 0) is 52.3 Å². The average molecular weight is 442 g/mol. The van der Waals surface area contributed by atoms with Crippen LogP contribution >= 0.6 is 39.1 Å². The Labute approximate surface area is 161 Å². The van der Waals surface area contributed by atoms with Crippen molar-refractivity contribution in [2.45, 2.75) is 6.73 Å². The molecule has 1 aromatic carbocycles. The van der Waals surface area contributed by atoms with Crippen LogP contribution < -0.4 is 10.1 Å². The third kappa shape index (κ3) is 4.50. The second-order valence-electron chi connectivity index (χ2n) is 4.88. The summed E-state index contributed by atoms with van der Waals surface area (Å²) in [5.74, 6) is 0.231. The van der Waals surface area contributed by atoms with Gasteiger partial charge >= 0.3 is 0 Å². The van der Waals surface area contributed by atoms with Crippen molar-refractivity contribution >= 4 is 50.7 Å². The number of aromatic nitrogens is 3. The van der Waals surface area contributed by atoms with Crippen LogP contribution in [0, 0.1) is 0 Å². The summed E-state index contributed by atoms with van der Waals surface area (Å²) >= 11 is 15.2. The van der Waals surface area contributed by atoms with E-state index in [0.29, 0.717) is 16.5 Å². The summed E-state index contributed by atoms with van der Waals surface area (Å²) in [6.45, 7) is 0.140. The summed E-state index contributed by atoms with van der Waals surface area (Å²) in [5.41, 5.74) is 0.656. The first-order valence-corrected chi connectivity index (χ1v) is 8.61. The number of rotatable bonds is 5. The lowest BCUT2D eigenvalue weighted by atomic mass is 10.3. The quantitative estimate of drug-likeness (QED) is 0.585. The SMILES string of the molecule is O=C(Nc1cccnc1Cl)c1ccn(COc2ccc(Cl)cc2Br)n1. The molecule has 0 aliphatic carbocycles. The maximum absolute atomic E-state index is 12.2. The Bertz CT molecular complexity index is 917. The van der Waals surface area contributed by atoms with Crippen molar-refractivity contribution in [2.75, 3.05) is 5.32 Å². The third-order valence-electron chi connectivity index (χ3n) is 3.13. The Morgan fingerprint density at radius 1 is 1.28 bits per heavy atom. The molecule has 0 atom stereocenters. The standard InChI is InChI=1S/C16H11BrCl2N4O2/c17-11-8-10(18)3-4-14(11)25-9-23-7-5-13(22-23)16(24)21-12-2-1-6-20-15(12)19/h1-8H,9H2,(H,21,24). The lowest BCUT2D eigenvalue weighted by molar-refractivity contribution is 0.102. The number of benzene rings is 1. The van der Waals surface area contributed by atoms with E-state index in [-0.39, 0.29) is 23.5 Å². The Morgan fingerprint density at radius 2 is 2.12 bits per heavy atom. The van der Waals surface area contributed by atoms with Crippen molar-refractivity contribution in [3.05, 3.63) is 69.1 Å². The van der Waals surface area contributed by atoms with Crippen molar-refractivity contribution in [1.82, 2.24) is 14.8 Å².